The Bertz CT molecular complexity index is 894. The first-order valence-electron chi connectivity index (χ1n) is 7.47. The Balaban J connectivity index is 1.91. The lowest BCUT2D eigenvalue weighted by Crippen LogP contribution is -2.16. The Morgan fingerprint density at radius 3 is 2.68 bits per heavy atom. The summed E-state index contributed by atoms with van der Waals surface area (Å²) in [5.74, 6) is 0. The van der Waals surface area contributed by atoms with E-state index < -0.39 is 0 Å². The van der Waals surface area contributed by atoms with Crippen LogP contribution in [0.2, 0.25) is 0 Å². The summed E-state index contributed by atoms with van der Waals surface area (Å²) in [6.07, 6.45) is 0. The van der Waals surface area contributed by atoms with Crippen LogP contribution >= 0.6 is 0 Å². The molecule has 3 aromatic rings. The molecule has 2 N–H and O–H groups in total. The summed E-state index contributed by atoms with van der Waals surface area (Å²) in [7, 11) is 0. The smallest absolute Gasteiger partial charge is 0.253 e. The average molecular weight is 292 g/mol. The van der Waals surface area contributed by atoms with Gasteiger partial charge in [-0.25, -0.2) is 0 Å². The van der Waals surface area contributed by atoms with Gasteiger partial charge in [-0.1, -0.05) is 24.3 Å². The predicted octanol–water partition coefficient (Wildman–Crippen LogP) is 4.07. The van der Waals surface area contributed by atoms with E-state index in [1.54, 1.807) is 0 Å². The molecule has 1 heterocycles. The van der Waals surface area contributed by atoms with Crippen LogP contribution in [0.5, 0.6) is 0 Å². The molecule has 22 heavy (non-hydrogen) atoms. The van der Waals surface area contributed by atoms with Crippen molar-refractivity contribution in [3.63, 3.8) is 0 Å². The lowest BCUT2D eigenvalue weighted by Gasteiger charge is -2.11. The Kier molecular flexibility index (Phi) is 3.72. The first kappa shape index (κ1) is 14.4. The van der Waals surface area contributed by atoms with Crippen LogP contribution in [-0.2, 0) is 6.54 Å². The van der Waals surface area contributed by atoms with Gasteiger partial charge in [0, 0.05) is 23.3 Å². The topological polar surface area (TPSA) is 44.9 Å². The zero-order chi connectivity index (χ0) is 15.7. The van der Waals surface area contributed by atoms with Crippen LogP contribution in [0.1, 0.15) is 22.3 Å². The summed E-state index contributed by atoms with van der Waals surface area (Å²) >= 11 is 0. The molecule has 0 radical (unpaired) electrons. The molecule has 0 aliphatic heterocycles. The van der Waals surface area contributed by atoms with Crippen molar-refractivity contribution in [2.45, 2.75) is 27.3 Å². The van der Waals surface area contributed by atoms with E-state index in [0.29, 0.717) is 6.54 Å². The molecule has 3 nitrogen and oxygen atoms in total. The quantitative estimate of drug-likeness (QED) is 0.764. The minimum absolute atomic E-state index is 0.0316. The van der Waals surface area contributed by atoms with Gasteiger partial charge in [0.2, 0.25) is 0 Å². The molecule has 3 heteroatoms. The average Bonchev–Trinajstić information content (AvgIpc) is 2.49. The summed E-state index contributed by atoms with van der Waals surface area (Å²) in [6, 6.07) is 14.2. The molecule has 112 valence electrons. The molecule has 0 fully saturated rings. The van der Waals surface area contributed by atoms with Gasteiger partial charge in [-0.15, -0.1) is 0 Å². The third-order valence-corrected chi connectivity index (χ3v) is 4.15. The fourth-order valence-corrected chi connectivity index (χ4v) is 2.62. The van der Waals surface area contributed by atoms with E-state index in [-0.39, 0.29) is 5.56 Å². The zero-order valence-corrected chi connectivity index (χ0v) is 13.2. The van der Waals surface area contributed by atoms with E-state index in [4.69, 9.17) is 0 Å². The minimum Gasteiger partial charge on any atom is -0.381 e. The number of hydrogen-bond acceptors (Lipinski definition) is 2. The van der Waals surface area contributed by atoms with Crippen LogP contribution in [0.3, 0.4) is 0 Å². The number of aromatic amines is 1. The summed E-state index contributed by atoms with van der Waals surface area (Å²) < 4.78 is 0. The molecule has 0 aliphatic carbocycles. The fraction of sp³-hybridized carbons (Fsp3) is 0.211. The molecule has 0 saturated carbocycles. The molecule has 0 bridgehead atoms. The Hall–Kier alpha value is -2.55. The van der Waals surface area contributed by atoms with Crippen molar-refractivity contribution in [2.75, 3.05) is 5.32 Å². The van der Waals surface area contributed by atoms with Crippen molar-refractivity contribution in [3.05, 3.63) is 75.1 Å². The Labute approximate surface area is 130 Å². The largest absolute Gasteiger partial charge is 0.381 e. The first-order valence-corrected chi connectivity index (χ1v) is 7.47. The standard InChI is InChI=1S/C19H20N2O/c1-12-7-8-15-10-16(19(22)21-18(15)9-12)11-20-17-6-4-5-13(2)14(17)3/h4-10,20H,11H2,1-3H3,(H,21,22). The van der Waals surface area contributed by atoms with E-state index >= 15 is 0 Å². The Morgan fingerprint density at radius 1 is 1.05 bits per heavy atom. The highest BCUT2D eigenvalue weighted by molar-refractivity contribution is 5.79. The SMILES string of the molecule is Cc1ccc2cc(CNc3cccc(C)c3C)c(=O)[nH]c2c1. The highest BCUT2D eigenvalue weighted by Gasteiger charge is 2.05. The Morgan fingerprint density at radius 2 is 1.86 bits per heavy atom. The second-order valence-electron chi connectivity index (χ2n) is 5.82. The van der Waals surface area contributed by atoms with Crippen LogP contribution in [0.25, 0.3) is 10.9 Å². The maximum absolute atomic E-state index is 12.2. The summed E-state index contributed by atoms with van der Waals surface area (Å²) in [5, 5.41) is 4.43. The lowest BCUT2D eigenvalue weighted by molar-refractivity contribution is 1.08. The molecule has 3 rings (SSSR count). The van der Waals surface area contributed by atoms with E-state index in [9.17, 15) is 4.79 Å². The number of aromatic nitrogens is 1. The van der Waals surface area contributed by atoms with E-state index in [1.165, 1.54) is 11.1 Å². The van der Waals surface area contributed by atoms with Gasteiger partial charge in [-0.3, -0.25) is 4.79 Å². The predicted molar refractivity (Wildman–Crippen MR) is 92.5 cm³/mol. The third kappa shape index (κ3) is 2.75. The van der Waals surface area contributed by atoms with E-state index in [0.717, 1.165) is 27.7 Å². The molecule has 0 spiro atoms. The highest BCUT2D eigenvalue weighted by atomic mass is 16.1. The van der Waals surface area contributed by atoms with Gasteiger partial charge in [-0.2, -0.15) is 0 Å². The maximum Gasteiger partial charge on any atom is 0.253 e. The van der Waals surface area contributed by atoms with Gasteiger partial charge >= 0.3 is 0 Å². The number of benzene rings is 2. The molecule has 2 aromatic carbocycles. The van der Waals surface area contributed by atoms with Crippen LogP contribution in [0, 0.1) is 20.8 Å². The lowest BCUT2D eigenvalue weighted by atomic mass is 10.1. The fourth-order valence-electron chi connectivity index (χ4n) is 2.62. The minimum atomic E-state index is -0.0316. The summed E-state index contributed by atoms with van der Waals surface area (Å²) in [5.41, 5.74) is 6.28. The van der Waals surface area contributed by atoms with Crippen molar-refractivity contribution in [3.8, 4) is 0 Å². The number of hydrogen-bond donors (Lipinski definition) is 2. The van der Waals surface area contributed by atoms with Crippen molar-refractivity contribution >= 4 is 16.6 Å². The van der Waals surface area contributed by atoms with Crippen molar-refractivity contribution in [1.29, 1.82) is 0 Å². The first-order chi connectivity index (χ1) is 10.5. The molecule has 1 aromatic heterocycles. The van der Waals surface area contributed by atoms with E-state index in [1.807, 2.05) is 37.3 Å². The number of H-pyrrole nitrogens is 1. The maximum atomic E-state index is 12.2. The monoisotopic (exact) mass is 292 g/mol. The van der Waals surface area contributed by atoms with Gasteiger partial charge < -0.3 is 10.3 Å². The summed E-state index contributed by atoms with van der Waals surface area (Å²) in [6.45, 7) is 6.72. The van der Waals surface area contributed by atoms with Gasteiger partial charge in [0.15, 0.2) is 0 Å². The van der Waals surface area contributed by atoms with Gasteiger partial charge in [0.25, 0.3) is 5.56 Å². The summed E-state index contributed by atoms with van der Waals surface area (Å²) in [4.78, 5) is 15.2. The van der Waals surface area contributed by atoms with Crippen molar-refractivity contribution in [2.24, 2.45) is 0 Å². The van der Waals surface area contributed by atoms with Crippen LogP contribution in [-0.4, -0.2) is 4.98 Å². The van der Waals surface area contributed by atoms with Gasteiger partial charge in [0.1, 0.15) is 0 Å². The molecule has 0 saturated heterocycles. The number of aryl methyl sites for hydroxylation is 2. The van der Waals surface area contributed by atoms with Crippen LogP contribution in [0.15, 0.2) is 47.3 Å². The number of nitrogens with one attached hydrogen (secondary N) is 2. The normalized spacial score (nSPS) is 10.9. The zero-order valence-electron chi connectivity index (χ0n) is 13.2. The van der Waals surface area contributed by atoms with Gasteiger partial charge in [0.05, 0.1) is 0 Å². The third-order valence-electron chi connectivity index (χ3n) is 4.15. The molecular weight excluding hydrogens is 272 g/mol. The van der Waals surface area contributed by atoms with Crippen LogP contribution < -0.4 is 10.9 Å². The molecule has 0 amide bonds. The highest BCUT2D eigenvalue weighted by Crippen LogP contribution is 2.19. The number of anilines is 1. The molecule has 0 atom stereocenters. The number of fused-ring (bicyclic) bond motifs is 1. The second-order valence-corrected chi connectivity index (χ2v) is 5.82. The van der Waals surface area contributed by atoms with Crippen LogP contribution in [0.4, 0.5) is 5.69 Å². The molecular formula is C19H20N2O. The number of pyridine rings is 1. The van der Waals surface area contributed by atoms with E-state index in [2.05, 4.69) is 36.3 Å². The van der Waals surface area contributed by atoms with Gasteiger partial charge in [-0.05, 0) is 61.0 Å². The molecule has 0 unspecified atom stereocenters. The second kappa shape index (κ2) is 5.68. The molecule has 0 aliphatic rings. The number of rotatable bonds is 3. The van der Waals surface area contributed by atoms with Crippen molar-refractivity contribution < 1.29 is 0 Å². The van der Waals surface area contributed by atoms with Crippen molar-refractivity contribution in [1.82, 2.24) is 4.98 Å².